The normalized spacial score (nSPS) is 12.4. The van der Waals surface area contributed by atoms with Gasteiger partial charge >= 0.3 is 0 Å². The average molecular weight is 330 g/mol. The second-order valence-corrected chi connectivity index (χ2v) is 5.84. The van der Waals surface area contributed by atoms with Crippen molar-refractivity contribution in [2.24, 2.45) is 0 Å². The Morgan fingerprint density at radius 1 is 1.05 bits per heavy atom. The van der Waals surface area contributed by atoms with Gasteiger partial charge in [0, 0.05) is 28.2 Å². The molecule has 1 unspecified atom stereocenters. The van der Waals surface area contributed by atoms with Gasteiger partial charge in [-0.2, -0.15) is 0 Å². The predicted molar refractivity (Wildman–Crippen MR) is 82.8 cm³/mol. The Hall–Kier alpha value is -1.16. The smallest absolute Gasteiger partial charge is 0.129 e. The van der Waals surface area contributed by atoms with Crippen molar-refractivity contribution >= 4 is 23.2 Å². The summed E-state index contributed by atoms with van der Waals surface area (Å²) in [5, 5.41) is 4.33. The molecule has 0 aliphatic heterocycles. The molecule has 0 bridgehead atoms. The Morgan fingerprint density at radius 2 is 1.62 bits per heavy atom. The summed E-state index contributed by atoms with van der Waals surface area (Å²) < 4.78 is 27.2. The number of hydrogen-bond acceptors (Lipinski definition) is 1. The maximum atomic E-state index is 13.6. The first-order chi connectivity index (χ1) is 9.95. The molecule has 0 aliphatic rings. The van der Waals surface area contributed by atoms with Gasteiger partial charge in [-0.3, -0.25) is 0 Å². The lowest BCUT2D eigenvalue weighted by Crippen LogP contribution is -2.28. The monoisotopic (exact) mass is 329 g/mol. The molecule has 0 amide bonds. The van der Waals surface area contributed by atoms with Crippen LogP contribution in [-0.2, 0) is 13.0 Å². The molecule has 0 aromatic heterocycles. The summed E-state index contributed by atoms with van der Waals surface area (Å²) in [5.41, 5.74) is 1.02. The van der Waals surface area contributed by atoms with Crippen molar-refractivity contribution in [2.45, 2.75) is 25.9 Å². The van der Waals surface area contributed by atoms with E-state index in [0.29, 0.717) is 16.6 Å². The van der Waals surface area contributed by atoms with E-state index in [9.17, 15) is 8.78 Å². The van der Waals surface area contributed by atoms with Gasteiger partial charge < -0.3 is 5.32 Å². The van der Waals surface area contributed by atoms with Crippen LogP contribution in [0.25, 0.3) is 0 Å². The molecule has 1 N–H and O–H groups in total. The van der Waals surface area contributed by atoms with Gasteiger partial charge in [-0.15, -0.1) is 0 Å². The van der Waals surface area contributed by atoms with Crippen LogP contribution in [0.5, 0.6) is 0 Å². The van der Waals surface area contributed by atoms with Crippen LogP contribution >= 0.6 is 23.2 Å². The van der Waals surface area contributed by atoms with Crippen molar-refractivity contribution < 1.29 is 8.78 Å². The van der Waals surface area contributed by atoms with Gasteiger partial charge in [-0.05, 0) is 49.2 Å². The average Bonchev–Trinajstić information content (AvgIpc) is 2.40. The zero-order chi connectivity index (χ0) is 15.4. The maximum absolute atomic E-state index is 13.6. The van der Waals surface area contributed by atoms with E-state index >= 15 is 0 Å². The minimum absolute atomic E-state index is 0.0887. The third-order valence-electron chi connectivity index (χ3n) is 3.15. The van der Waals surface area contributed by atoms with Crippen molar-refractivity contribution in [1.82, 2.24) is 5.32 Å². The second-order valence-electron chi connectivity index (χ2n) is 4.96. The molecule has 5 heteroatoms. The predicted octanol–water partition coefficient (Wildman–Crippen LogP) is 4.99. The molecule has 0 radical (unpaired) electrons. The third-order valence-corrected chi connectivity index (χ3v) is 3.59. The van der Waals surface area contributed by atoms with Crippen LogP contribution in [0.4, 0.5) is 8.78 Å². The van der Waals surface area contributed by atoms with Crippen LogP contribution in [0.15, 0.2) is 36.4 Å². The second kappa shape index (κ2) is 7.21. The summed E-state index contributed by atoms with van der Waals surface area (Å²) in [6.45, 7) is 2.40. The summed E-state index contributed by atoms with van der Waals surface area (Å²) in [4.78, 5) is 0. The van der Waals surface area contributed by atoms with Crippen LogP contribution in [0.2, 0.25) is 10.0 Å². The number of hydrogen-bond donors (Lipinski definition) is 1. The highest BCUT2D eigenvalue weighted by Gasteiger charge is 2.12. The molecule has 1 atom stereocenters. The number of benzene rings is 2. The molecule has 0 saturated heterocycles. The number of rotatable bonds is 5. The fourth-order valence-electron chi connectivity index (χ4n) is 2.11. The van der Waals surface area contributed by atoms with Crippen LogP contribution in [0.3, 0.4) is 0 Å². The molecule has 0 saturated carbocycles. The van der Waals surface area contributed by atoms with Crippen molar-refractivity contribution in [3.8, 4) is 0 Å². The Labute approximate surface area is 132 Å². The highest BCUT2D eigenvalue weighted by molar-refractivity contribution is 6.34. The maximum Gasteiger partial charge on any atom is 0.129 e. The van der Waals surface area contributed by atoms with E-state index in [-0.39, 0.29) is 18.0 Å². The number of halogens is 4. The van der Waals surface area contributed by atoms with Crippen LogP contribution in [0, 0.1) is 11.6 Å². The fourth-order valence-corrected chi connectivity index (χ4v) is 2.68. The van der Waals surface area contributed by atoms with Crippen LogP contribution in [0.1, 0.15) is 18.1 Å². The van der Waals surface area contributed by atoms with Crippen molar-refractivity contribution in [3.05, 3.63) is 69.2 Å². The molecule has 0 aliphatic carbocycles. The molecule has 2 aromatic rings. The molecule has 0 fully saturated rings. The standard InChI is InChI=1S/C16H15Cl2F2N/c1-10(5-14-15(19)3-2-4-16(14)20)21-9-11-6-12(17)8-13(18)7-11/h2-4,6-8,10,21H,5,9H2,1H3. The summed E-state index contributed by atoms with van der Waals surface area (Å²) in [6, 6.07) is 9.07. The van der Waals surface area contributed by atoms with E-state index in [1.807, 2.05) is 6.92 Å². The Morgan fingerprint density at radius 3 is 2.19 bits per heavy atom. The minimum atomic E-state index is -0.519. The highest BCUT2D eigenvalue weighted by atomic mass is 35.5. The Balaban J connectivity index is 1.97. The van der Waals surface area contributed by atoms with Gasteiger partial charge in [0.15, 0.2) is 0 Å². The van der Waals surface area contributed by atoms with Crippen molar-refractivity contribution in [2.75, 3.05) is 0 Å². The van der Waals surface area contributed by atoms with Gasteiger partial charge in [0.1, 0.15) is 11.6 Å². The summed E-state index contributed by atoms with van der Waals surface area (Å²) in [5.74, 6) is -1.04. The van der Waals surface area contributed by atoms with Crippen LogP contribution < -0.4 is 5.32 Å². The third kappa shape index (κ3) is 4.67. The largest absolute Gasteiger partial charge is 0.310 e. The summed E-state index contributed by atoms with van der Waals surface area (Å²) in [6.07, 6.45) is 0.271. The SMILES string of the molecule is CC(Cc1c(F)cccc1F)NCc1cc(Cl)cc(Cl)c1. The molecule has 0 spiro atoms. The molecule has 112 valence electrons. The molecular weight excluding hydrogens is 315 g/mol. The van der Waals surface area contributed by atoms with E-state index < -0.39 is 11.6 Å². The number of nitrogens with one attached hydrogen (secondary N) is 1. The summed E-state index contributed by atoms with van der Waals surface area (Å²) >= 11 is 11.9. The lowest BCUT2D eigenvalue weighted by atomic mass is 10.1. The Bertz CT molecular complexity index is 591. The van der Waals surface area contributed by atoms with E-state index in [1.54, 1.807) is 18.2 Å². The van der Waals surface area contributed by atoms with Crippen molar-refractivity contribution in [3.63, 3.8) is 0 Å². The molecule has 1 nitrogen and oxygen atoms in total. The first-order valence-electron chi connectivity index (χ1n) is 6.57. The van der Waals surface area contributed by atoms with E-state index in [1.165, 1.54) is 18.2 Å². The lowest BCUT2D eigenvalue weighted by Gasteiger charge is -2.15. The topological polar surface area (TPSA) is 12.0 Å². The van der Waals surface area contributed by atoms with Crippen molar-refractivity contribution in [1.29, 1.82) is 0 Å². The van der Waals surface area contributed by atoms with Gasteiger partial charge in [0.25, 0.3) is 0 Å². The van der Waals surface area contributed by atoms with E-state index in [0.717, 1.165) is 5.56 Å². The minimum Gasteiger partial charge on any atom is -0.310 e. The van der Waals surface area contributed by atoms with Gasteiger partial charge in [-0.25, -0.2) is 8.78 Å². The van der Waals surface area contributed by atoms with Gasteiger partial charge in [0.05, 0.1) is 0 Å². The molecule has 0 heterocycles. The zero-order valence-electron chi connectivity index (χ0n) is 11.5. The quantitative estimate of drug-likeness (QED) is 0.814. The summed E-state index contributed by atoms with van der Waals surface area (Å²) in [7, 11) is 0. The van der Waals surface area contributed by atoms with E-state index in [2.05, 4.69) is 5.32 Å². The molecule has 2 aromatic carbocycles. The first-order valence-corrected chi connectivity index (χ1v) is 7.32. The van der Waals surface area contributed by atoms with Gasteiger partial charge in [0.2, 0.25) is 0 Å². The molecule has 21 heavy (non-hydrogen) atoms. The zero-order valence-corrected chi connectivity index (χ0v) is 13.0. The van der Waals surface area contributed by atoms with E-state index in [4.69, 9.17) is 23.2 Å². The molecule has 2 rings (SSSR count). The molecular formula is C16H15Cl2F2N. The fraction of sp³-hybridized carbons (Fsp3) is 0.250. The highest BCUT2D eigenvalue weighted by Crippen LogP contribution is 2.19. The van der Waals surface area contributed by atoms with Crippen LogP contribution in [-0.4, -0.2) is 6.04 Å². The van der Waals surface area contributed by atoms with Gasteiger partial charge in [-0.1, -0.05) is 29.3 Å². The Kier molecular flexibility index (Phi) is 5.57. The first kappa shape index (κ1) is 16.2. The lowest BCUT2D eigenvalue weighted by molar-refractivity contribution is 0.499.